The minimum atomic E-state index is -0.0864. The fourth-order valence-corrected chi connectivity index (χ4v) is 5.89. The normalized spacial score (nSPS) is 19.8. The maximum absolute atomic E-state index is 13.3. The molecule has 3 nitrogen and oxygen atoms in total. The van der Waals surface area contributed by atoms with Gasteiger partial charge in [-0.15, -0.1) is 0 Å². The quantitative estimate of drug-likeness (QED) is 0.378. The zero-order chi connectivity index (χ0) is 23.4. The Hall–Kier alpha value is -2.29. The van der Waals surface area contributed by atoms with Gasteiger partial charge in [-0.2, -0.15) is 0 Å². The number of carbonyl (C=O) groups is 3. The van der Waals surface area contributed by atoms with Gasteiger partial charge in [0.1, 0.15) is 11.6 Å². The molecule has 3 heteroatoms. The van der Waals surface area contributed by atoms with Crippen molar-refractivity contribution in [3.63, 3.8) is 0 Å². The number of ketones is 3. The molecule has 1 aromatic rings. The number of rotatable bonds is 10. The Morgan fingerprint density at radius 3 is 2.44 bits per heavy atom. The van der Waals surface area contributed by atoms with Crippen LogP contribution in [0.15, 0.2) is 29.9 Å². The summed E-state index contributed by atoms with van der Waals surface area (Å²) in [6, 6.07) is 4.28. The van der Waals surface area contributed by atoms with E-state index in [2.05, 4.69) is 45.1 Å². The molecule has 0 spiro atoms. The molecule has 0 radical (unpaired) electrons. The SMILES string of the molecule is CCCC(CC1CC(=O)c2c(C)ccc(C3=CC=C(C)C3)c2C1)C(CC)C(=O)CC(C)=O. The Labute approximate surface area is 193 Å². The lowest BCUT2D eigenvalue weighted by atomic mass is 9.71. The van der Waals surface area contributed by atoms with Gasteiger partial charge in [0.05, 0.1) is 6.42 Å². The Bertz CT molecular complexity index is 963. The number of aryl methyl sites for hydroxylation is 1. The van der Waals surface area contributed by atoms with Crippen LogP contribution in [-0.2, 0) is 16.0 Å². The maximum atomic E-state index is 13.3. The average Bonchev–Trinajstić information content (AvgIpc) is 3.14. The van der Waals surface area contributed by atoms with Crippen LogP contribution < -0.4 is 0 Å². The molecule has 2 aliphatic rings. The highest BCUT2D eigenvalue weighted by atomic mass is 16.1. The number of benzene rings is 1. The van der Waals surface area contributed by atoms with E-state index < -0.39 is 0 Å². The molecule has 3 atom stereocenters. The molecule has 0 heterocycles. The van der Waals surface area contributed by atoms with E-state index in [9.17, 15) is 14.4 Å². The molecular weight excluding hydrogens is 396 g/mol. The first-order chi connectivity index (χ1) is 15.2. The van der Waals surface area contributed by atoms with Crippen molar-refractivity contribution in [3.8, 4) is 0 Å². The van der Waals surface area contributed by atoms with Crippen molar-refractivity contribution in [2.75, 3.05) is 0 Å². The molecule has 0 N–H and O–H groups in total. The fourth-order valence-electron chi connectivity index (χ4n) is 5.89. The summed E-state index contributed by atoms with van der Waals surface area (Å²) in [5.74, 6) is 0.671. The van der Waals surface area contributed by atoms with Crippen molar-refractivity contribution >= 4 is 22.9 Å². The Morgan fingerprint density at radius 2 is 1.84 bits per heavy atom. The topological polar surface area (TPSA) is 51.2 Å². The van der Waals surface area contributed by atoms with Crippen LogP contribution in [0.4, 0.5) is 0 Å². The van der Waals surface area contributed by atoms with Gasteiger partial charge in [-0.1, -0.05) is 56.5 Å². The molecule has 0 aromatic heterocycles. The first kappa shape index (κ1) is 24.4. The summed E-state index contributed by atoms with van der Waals surface area (Å²) in [7, 11) is 0. The van der Waals surface area contributed by atoms with E-state index in [0.29, 0.717) is 6.42 Å². The molecular formula is C29H38O3. The number of Topliss-reactive ketones (excluding diaryl/α,β-unsaturated/α-hetero) is 3. The predicted octanol–water partition coefficient (Wildman–Crippen LogP) is 6.85. The molecule has 1 aromatic carbocycles. The van der Waals surface area contributed by atoms with E-state index in [-0.39, 0.29) is 41.5 Å². The van der Waals surface area contributed by atoms with Crippen molar-refractivity contribution in [3.05, 3.63) is 52.1 Å². The molecule has 0 saturated heterocycles. The van der Waals surface area contributed by atoms with Gasteiger partial charge in [0.2, 0.25) is 0 Å². The first-order valence-electron chi connectivity index (χ1n) is 12.3. The van der Waals surface area contributed by atoms with Crippen LogP contribution >= 0.6 is 0 Å². The summed E-state index contributed by atoms with van der Waals surface area (Å²) in [5, 5.41) is 0. The lowest BCUT2D eigenvalue weighted by molar-refractivity contribution is -0.129. The highest BCUT2D eigenvalue weighted by Gasteiger charge is 2.34. The first-order valence-corrected chi connectivity index (χ1v) is 12.3. The molecule has 172 valence electrons. The third-order valence-corrected chi connectivity index (χ3v) is 7.29. The Kier molecular flexibility index (Phi) is 8.03. The minimum Gasteiger partial charge on any atom is -0.300 e. The molecule has 0 saturated carbocycles. The zero-order valence-corrected chi connectivity index (χ0v) is 20.4. The van der Waals surface area contributed by atoms with Gasteiger partial charge >= 0.3 is 0 Å². The number of fused-ring (bicyclic) bond motifs is 1. The second-order valence-corrected chi connectivity index (χ2v) is 10.0. The monoisotopic (exact) mass is 434 g/mol. The van der Waals surface area contributed by atoms with Crippen molar-refractivity contribution in [1.82, 2.24) is 0 Å². The van der Waals surface area contributed by atoms with Crippen LogP contribution in [0.3, 0.4) is 0 Å². The van der Waals surface area contributed by atoms with Gasteiger partial charge in [-0.25, -0.2) is 0 Å². The van der Waals surface area contributed by atoms with Crippen LogP contribution in [0.1, 0.15) is 99.7 Å². The van der Waals surface area contributed by atoms with Gasteiger partial charge in [-0.05, 0) is 80.6 Å². The molecule has 0 fully saturated rings. The minimum absolute atomic E-state index is 0.0367. The van der Waals surface area contributed by atoms with Gasteiger partial charge < -0.3 is 0 Å². The number of hydrogen-bond donors (Lipinski definition) is 0. The van der Waals surface area contributed by atoms with Crippen LogP contribution in [0.2, 0.25) is 0 Å². The van der Waals surface area contributed by atoms with Crippen molar-refractivity contribution < 1.29 is 14.4 Å². The third-order valence-electron chi connectivity index (χ3n) is 7.29. The summed E-state index contributed by atoms with van der Waals surface area (Å²) >= 11 is 0. The van der Waals surface area contributed by atoms with Gasteiger partial charge in [0, 0.05) is 17.9 Å². The van der Waals surface area contributed by atoms with Crippen LogP contribution in [-0.4, -0.2) is 17.3 Å². The van der Waals surface area contributed by atoms with Crippen molar-refractivity contribution in [2.24, 2.45) is 17.8 Å². The third kappa shape index (κ3) is 5.36. The largest absolute Gasteiger partial charge is 0.300 e. The van der Waals surface area contributed by atoms with Crippen LogP contribution in [0.5, 0.6) is 0 Å². The predicted molar refractivity (Wildman–Crippen MR) is 131 cm³/mol. The second kappa shape index (κ2) is 10.6. The number of carbonyl (C=O) groups excluding carboxylic acids is 3. The average molecular weight is 435 g/mol. The molecule has 0 amide bonds. The van der Waals surface area contributed by atoms with E-state index in [1.165, 1.54) is 29.2 Å². The van der Waals surface area contributed by atoms with E-state index in [1.807, 2.05) is 6.92 Å². The van der Waals surface area contributed by atoms with E-state index in [1.54, 1.807) is 0 Å². The van der Waals surface area contributed by atoms with Gasteiger partial charge in [-0.3, -0.25) is 14.4 Å². The van der Waals surface area contributed by atoms with E-state index in [0.717, 1.165) is 49.7 Å². The summed E-state index contributed by atoms with van der Waals surface area (Å²) in [5.41, 5.74) is 7.09. The summed E-state index contributed by atoms with van der Waals surface area (Å²) in [6.45, 7) is 9.89. The lowest BCUT2D eigenvalue weighted by Gasteiger charge is -2.32. The number of hydrogen-bond acceptors (Lipinski definition) is 3. The highest BCUT2D eigenvalue weighted by Crippen LogP contribution is 2.40. The lowest BCUT2D eigenvalue weighted by Crippen LogP contribution is -2.30. The van der Waals surface area contributed by atoms with Crippen molar-refractivity contribution in [1.29, 1.82) is 0 Å². The summed E-state index contributed by atoms with van der Waals surface area (Å²) < 4.78 is 0. The zero-order valence-electron chi connectivity index (χ0n) is 20.4. The smallest absolute Gasteiger partial charge is 0.163 e. The van der Waals surface area contributed by atoms with E-state index in [4.69, 9.17) is 0 Å². The molecule has 3 rings (SSSR count). The second-order valence-electron chi connectivity index (χ2n) is 10.0. The summed E-state index contributed by atoms with van der Waals surface area (Å²) in [4.78, 5) is 37.6. The van der Waals surface area contributed by atoms with Crippen LogP contribution in [0.25, 0.3) is 5.57 Å². The molecule has 2 aliphatic carbocycles. The van der Waals surface area contributed by atoms with Crippen LogP contribution in [0, 0.1) is 24.7 Å². The Balaban J connectivity index is 1.87. The highest BCUT2D eigenvalue weighted by molar-refractivity contribution is 6.01. The maximum Gasteiger partial charge on any atom is 0.163 e. The summed E-state index contributed by atoms with van der Waals surface area (Å²) in [6.07, 6.45) is 10.4. The fraction of sp³-hybridized carbons (Fsp3) is 0.552. The van der Waals surface area contributed by atoms with Gasteiger partial charge in [0.15, 0.2) is 5.78 Å². The van der Waals surface area contributed by atoms with Crippen molar-refractivity contribution in [2.45, 2.75) is 86.0 Å². The number of allylic oxidation sites excluding steroid dienone is 4. The molecule has 3 unspecified atom stereocenters. The molecule has 32 heavy (non-hydrogen) atoms. The standard InChI is InChI=1S/C29H38O3/c1-6-8-22(24(7-2)27(31)14-20(5)30)15-21-16-26-25(23-11-9-18(3)13-23)12-10-19(4)29(26)28(32)17-21/h9-12,21-22,24H,6-8,13-17H2,1-5H3. The Morgan fingerprint density at radius 1 is 1.09 bits per heavy atom. The van der Waals surface area contributed by atoms with Gasteiger partial charge in [0.25, 0.3) is 0 Å². The molecule has 0 bridgehead atoms. The van der Waals surface area contributed by atoms with E-state index >= 15 is 0 Å². The molecule has 0 aliphatic heterocycles.